The zero-order valence-corrected chi connectivity index (χ0v) is 20.2. The van der Waals surface area contributed by atoms with Crippen LogP contribution in [0, 0.1) is 6.92 Å². The first-order valence-electron chi connectivity index (χ1n) is 12.1. The van der Waals surface area contributed by atoms with Crippen LogP contribution in [0.4, 0.5) is 5.69 Å². The number of carbonyl (C=O) groups excluding carboxylic acids is 1. The standard InChI is InChI=1S/C28H27N3O2S/c1-18-8-6-10-20(16-18)26-29-27-25(21-12-3-5-14-23(21)34-27)28(33)31(26)17-24(32)30-15-7-11-19-9-2-4-13-22(19)30/h2,4,6,8-10,13,16H,3,5,7,11-12,14-15,17H2,1H3. The van der Waals surface area contributed by atoms with Gasteiger partial charge >= 0.3 is 0 Å². The molecule has 0 unspecified atom stereocenters. The van der Waals surface area contributed by atoms with E-state index in [1.165, 1.54) is 10.4 Å². The number of hydrogen-bond acceptors (Lipinski definition) is 4. The largest absolute Gasteiger partial charge is 0.311 e. The second-order valence-corrected chi connectivity index (χ2v) is 10.4. The zero-order chi connectivity index (χ0) is 23.2. The number of hydrogen-bond donors (Lipinski definition) is 0. The number of carbonyl (C=O) groups is 1. The Kier molecular flexibility index (Phi) is 5.33. The molecule has 1 aliphatic carbocycles. The Hall–Kier alpha value is -3.25. The molecule has 0 atom stereocenters. The molecule has 0 saturated carbocycles. The molecule has 5 nitrogen and oxygen atoms in total. The van der Waals surface area contributed by atoms with Crippen LogP contribution in [0.15, 0.2) is 53.3 Å². The lowest BCUT2D eigenvalue weighted by Gasteiger charge is -2.30. The second-order valence-electron chi connectivity index (χ2n) is 9.36. The van der Waals surface area contributed by atoms with Gasteiger partial charge in [-0.05, 0) is 68.7 Å². The van der Waals surface area contributed by atoms with Gasteiger partial charge in [0.05, 0.1) is 5.39 Å². The number of fused-ring (bicyclic) bond motifs is 4. The number of anilines is 1. The average molecular weight is 470 g/mol. The Morgan fingerprint density at radius 2 is 1.88 bits per heavy atom. The number of thiophene rings is 1. The molecule has 172 valence electrons. The molecule has 0 radical (unpaired) electrons. The molecule has 0 spiro atoms. The van der Waals surface area contributed by atoms with E-state index in [4.69, 9.17) is 4.98 Å². The van der Waals surface area contributed by atoms with E-state index in [-0.39, 0.29) is 18.0 Å². The van der Waals surface area contributed by atoms with Gasteiger partial charge in [0.1, 0.15) is 17.2 Å². The summed E-state index contributed by atoms with van der Waals surface area (Å²) in [5.41, 5.74) is 5.20. The number of rotatable bonds is 3. The molecular weight excluding hydrogens is 442 g/mol. The van der Waals surface area contributed by atoms with Gasteiger partial charge in [0, 0.05) is 22.7 Å². The van der Waals surface area contributed by atoms with E-state index >= 15 is 0 Å². The first-order valence-corrected chi connectivity index (χ1v) is 12.9. The Bertz CT molecular complexity index is 1480. The fourth-order valence-corrected chi connectivity index (χ4v) is 6.65. The van der Waals surface area contributed by atoms with Crippen LogP contribution in [0.3, 0.4) is 0 Å². The Balaban J connectivity index is 1.50. The highest BCUT2D eigenvalue weighted by molar-refractivity contribution is 7.18. The number of benzene rings is 2. The molecule has 2 aromatic carbocycles. The van der Waals surface area contributed by atoms with Gasteiger partial charge in [0.25, 0.3) is 5.56 Å². The summed E-state index contributed by atoms with van der Waals surface area (Å²) < 4.78 is 1.62. The first kappa shape index (κ1) is 21.3. The summed E-state index contributed by atoms with van der Waals surface area (Å²) in [5.74, 6) is 0.520. The zero-order valence-electron chi connectivity index (χ0n) is 19.3. The molecule has 1 aliphatic heterocycles. The lowest BCUT2D eigenvalue weighted by atomic mass is 9.97. The fourth-order valence-electron chi connectivity index (χ4n) is 5.40. The number of aromatic nitrogens is 2. The lowest BCUT2D eigenvalue weighted by Crippen LogP contribution is -2.40. The summed E-state index contributed by atoms with van der Waals surface area (Å²) in [7, 11) is 0. The molecule has 0 fully saturated rings. The van der Waals surface area contributed by atoms with Gasteiger partial charge in [-0.1, -0.05) is 42.0 Å². The normalized spacial score (nSPS) is 15.3. The van der Waals surface area contributed by atoms with Crippen LogP contribution in [-0.2, 0) is 30.6 Å². The Morgan fingerprint density at radius 3 is 2.76 bits per heavy atom. The average Bonchev–Trinajstić information content (AvgIpc) is 3.24. The third-order valence-corrected chi connectivity index (χ3v) is 8.24. The van der Waals surface area contributed by atoms with Crippen molar-refractivity contribution in [2.45, 2.75) is 52.0 Å². The minimum absolute atomic E-state index is 0.00992. The van der Waals surface area contributed by atoms with Crippen molar-refractivity contribution in [2.24, 2.45) is 0 Å². The topological polar surface area (TPSA) is 55.2 Å². The van der Waals surface area contributed by atoms with Gasteiger partial charge in [0.2, 0.25) is 5.91 Å². The summed E-state index contributed by atoms with van der Waals surface area (Å²) in [6.45, 7) is 2.70. The van der Waals surface area contributed by atoms with E-state index in [2.05, 4.69) is 6.07 Å². The summed E-state index contributed by atoms with van der Waals surface area (Å²) in [4.78, 5) is 36.5. The van der Waals surface area contributed by atoms with Gasteiger partial charge in [-0.25, -0.2) is 4.98 Å². The maximum atomic E-state index is 14.0. The van der Waals surface area contributed by atoms with Crippen LogP contribution in [-0.4, -0.2) is 22.0 Å². The molecule has 4 aromatic rings. The Labute approximate surface area is 202 Å². The van der Waals surface area contributed by atoms with E-state index in [9.17, 15) is 9.59 Å². The van der Waals surface area contributed by atoms with Crippen LogP contribution in [0.5, 0.6) is 0 Å². The van der Waals surface area contributed by atoms with E-state index in [1.807, 2.05) is 54.3 Å². The summed E-state index contributed by atoms with van der Waals surface area (Å²) in [5, 5.41) is 0.725. The minimum atomic E-state index is -0.0837. The van der Waals surface area contributed by atoms with E-state index < -0.39 is 0 Å². The maximum Gasteiger partial charge on any atom is 0.263 e. The van der Waals surface area contributed by atoms with Crippen LogP contribution >= 0.6 is 11.3 Å². The molecule has 34 heavy (non-hydrogen) atoms. The van der Waals surface area contributed by atoms with Gasteiger partial charge in [-0.2, -0.15) is 0 Å². The van der Waals surface area contributed by atoms with Crippen molar-refractivity contribution in [1.29, 1.82) is 0 Å². The van der Waals surface area contributed by atoms with Crippen LogP contribution in [0.2, 0.25) is 0 Å². The molecule has 0 N–H and O–H groups in total. The summed E-state index contributed by atoms with van der Waals surface area (Å²) >= 11 is 1.65. The van der Waals surface area contributed by atoms with Crippen molar-refractivity contribution in [3.63, 3.8) is 0 Å². The van der Waals surface area contributed by atoms with E-state index in [0.29, 0.717) is 12.4 Å². The molecule has 2 aromatic heterocycles. The van der Waals surface area contributed by atoms with Crippen molar-refractivity contribution < 1.29 is 4.79 Å². The van der Waals surface area contributed by atoms with Gasteiger partial charge in [-0.3, -0.25) is 14.2 Å². The number of amides is 1. The molecule has 0 bridgehead atoms. The summed E-state index contributed by atoms with van der Waals surface area (Å²) in [6.07, 6.45) is 6.09. The van der Waals surface area contributed by atoms with Gasteiger partial charge in [0.15, 0.2) is 0 Å². The molecule has 0 saturated heterocycles. The molecule has 6 heteroatoms. The van der Waals surface area contributed by atoms with E-state index in [0.717, 1.165) is 71.1 Å². The number of para-hydroxylation sites is 1. The summed E-state index contributed by atoms with van der Waals surface area (Å²) in [6, 6.07) is 16.1. The van der Waals surface area contributed by atoms with Crippen molar-refractivity contribution in [3.05, 3.63) is 80.5 Å². The van der Waals surface area contributed by atoms with Gasteiger partial charge < -0.3 is 4.90 Å². The molecular formula is C28H27N3O2S. The molecule has 1 amide bonds. The molecule has 6 rings (SSSR count). The van der Waals surface area contributed by atoms with Crippen LogP contribution < -0.4 is 10.5 Å². The first-order chi connectivity index (χ1) is 16.6. The molecule has 2 aliphatic rings. The third-order valence-electron chi connectivity index (χ3n) is 7.06. The third kappa shape index (κ3) is 3.57. The van der Waals surface area contributed by atoms with Crippen molar-refractivity contribution in [3.8, 4) is 11.4 Å². The predicted molar refractivity (Wildman–Crippen MR) is 138 cm³/mol. The maximum absolute atomic E-state index is 14.0. The second kappa shape index (κ2) is 8.51. The van der Waals surface area contributed by atoms with Gasteiger partial charge in [-0.15, -0.1) is 11.3 Å². The molecule has 3 heterocycles. The smallest absolute Gasteiger partial charge is 0.263 e. The van der Waals surface area contributed by atoms with Crippen molar-refractivity contribution in [2.75, 3.05) is 11.4 Å². The minimum Gasteiger partial charge on any atom is -0.311 e. The van der Waals surface area contributed by atoms with Crippen molar-refractivity contribution >= 4 is 33.1 Å². The number of aryl methyl sites for hydroxylation is 4. The highest BCUT2D eigenvalue weighted by atomic mass is 32.1. The quantitative estimate of drug-likeness (QED) is 0.410. The highest BCUT2D eigenvalue weighted by Crippen LogP contribution is 2.35. The van der Waals surface area contributed by atoms with Crippen LogP contribution in [0.1, 0.15) is 40.8 Å². The number of nitrogens with zero attached hydrogens (tertiary/aromatic N) is 3. The fraction of sp³-hybridized carbons (Fsp3) is 0.321. The van der Waals surface area contributed by atoms with E-state index in [1.54, 1.807) is 15.9 Å². The SMILES string of the molecule is Cc1cccc(-c2nc3sc4c(c3c(=O)n2CC(=O)N2CCCc3ccccc32)CCCC4)c1. The Morgan fingerprint density at radius 1 is 1.03 bits per heavy atom. The highest BCUT2D eigenvalue weighted by Gasteiger charge is 2.27. The predicted octanol–water partition coefficient (Wildman–Crippen LogP) is 5.29. The lowest BCUT2D eigenvalue weighted by molar-refractivity contribution is -0.119. The monoisotopic (exact) mass is 469 g/mol. The van der Waals surface area contributed by atoms with Crippen molar-refractivity contribution in [1.82, 2.24) is 9.55 Å². The van der Waals surface area contributed by atoms with Crippen LogP contribution in [0.25, 0.3) is 21.6 Å².